The lowest BCUT2D eigenvalue weighted by Crippen LogP contribution is -2.34. The number of allylic oxidation sites excluding steroid dienone is 4. The van der Waals surface area contributed by atoms with E-state index in [1.807, 2.05) is 0 Å². The monoisotopic (exact) mass is 760 g/mol. The van der Waals surface area contributed by atoms with E-state index in [-0.39, 0.29) is 19.4 Å². The normalized spacial score (nSPS) is 14.1. The van der Waals surface area contributed by atoms with Gasteiger partial charge < -0.3 is 25.2 Å². The highest BCUT2D eigenvalue weighted by Crippen LogP contribution is 2.43. The van der Waals surface area contributed by atoms with Gasteiger partial charge in [0.1, 0.15) is 12.6 Å². The molecule has 0 fully saturated rings. The summed E-state index contributed by atoms with van der Waals surface area (Å²) in [5.74, 6) is -2.40. The van der Waals surface area contributed by atoms with Crippen molar-refractivity contribution in [1.82, 2.24) is 0 Å². The summed E-state index contributed by atoms with van der Waals surface area (Å²) in [7, 11) is -4.71. The molecule has 52 heavy (non-hydrogen) atoms. The maximum atomic E-state index is 12.6. The minimum absolute atomic E-state index is 0.151. The van der Waals surface area contributed by atoms with E-state index in [1.54, 1.807) is 0 Å². The highest BCUT2D eigenvalue weighted by molar-refractivity contribution is 7.47. The number of rotatable bonds is 38. The first-order valence-electron chi connectivity index (χ1n) is 20.4. The summed E-state index contributed by atoms with van der Waals surface area (Å²) in [5, 5.41) is 8.87. The van der Waals surface area contributed by atoms with Crippen molar-refractivity contribution in [2.24, 2.45) is 5.73 Å². The van der Waals surface area contributed by atoms with Crippen LogP contribution in [0.3, 0.4) is 0 Å². The molecule has 0 saturated heterocycles. The molecule has 0 aromatic rings. The number of phosphoric ester groups is 1. The van der Waals surface area contributed by atoms with Crippen LogP contribution >= 0.6 is 7.82 Å². The molecule has 0 heterocycles. The van der Waals surface area contributed by atoms with Crippen molar-refractivity contribution in [3.8, 4) is 0 Å². The Balaban J connectivity index is 4.43. The third-order valence-electron chi connectivity index (χ3n) is 8.67. The lowest BCUT2D eigenvalue weighted by molar-refractivity contribution is -0.161. The molecule has 0 bridgehead atoms. The molecular weight excluding hydrogens is 685 g/mol. The summed E-state index contributed by atoms with van der Waals surface area (Å²) < 4.78 is 32.6. The molecule has 304 valence electrons. The molecule has 3 atom stereocenters. The number of carbonyl (C=O) groups excluding carboxylic acids is 2. The SMILES string of the molecule is CCCCCC/C=C\CCCCCCCC(=O)OCC(COP(=O)(O)OCC(N)C(=O)O)OC(=O)CCCCCCC/C=C\CCCCCCCC. The molecule has 3 unspecified atom stereocenters. The minimum atomic E-state index is -4.71. The van der Waals surface area contributed by atoms with Crippen LogP contribution in [0.4, 0.5) is 0 Å². The fraction of sp³-hybridized carbons (Fsp3) is 0.825. The standard InChI is InChI=1S/C40H74NO10P/c1-3-5-7-9-11-13-15-17-18-20-22-24-26-28-30-32-39(43)51-36(34-49-52(46,47)50-35-37(41)40(44)45)33-48-38(42)31-29-27-25-23-21-19-16-14-12-10-8-6-4-2/h14,16-18,36-37H,3-13,15,19-35,41H2,1-2H3,(H,44,45)(H,46,47)/b16-14-,18-17-. The largest absolute Gasteiger partial charge is 0.480 e. The van der Waals surface area contributed by atoms with E-state index in [0.717, 1.165) is 77.0 Å². The van der Waals surface area contributed by atoms with Gasteiger partial charge >= 0.3 is 25.7 Å². The summed E-state index contributed by atoms with van der Waals surface area (Å²) in [4.78, 5) is 45.8. The molecule has 4 N–H and O–H groups in total. The third kappa shape index (κ3) is 35.0. The van der Waals surface area contributed by atoms with Crippen molar-refractivity contribution in [2.75, 3.05) is 19.8 Å². The number of carboxylic acid groups (broad SMARTS) is 1. The third-order valence-corrected chi connectivity index (χ3v) is 9.62. The molecule has 0 saturated carbocycles. The highest BCUT2D eigenvalue weighted by atomic mass is 31.2. The van der Waals surface area contributed by atoms with Gasteiger partial charge in [-0.3, -0.25) is 23.4 Å². The minimum Gasteiger partial charge on any atom is -0.480 e. The average molecular weight is 760 g/mol. The van der Waals surface area contributed by atoms with Crippen molar-refractivity contribution in [2.45, 2.75) is 193 Å². The van der Waals surface area contributed by atoms with Crippen molar-refractivity contribution in [1.29, 1.82) is 0 Å². The van der Waals surface area contributed by atoms with E-state index >= 15 is 0 Å². The predicted octanol–water partition coefficient (Wildman–Crippen LogP) is 10.3. The first-order chi connectivity index (χ1) is 25.1. The summed E-state index contributed by atoms with van der Waals surface area (Å²) >= 11 is 0. The smallest absolute Gasteiger partial charge is 0.472 e. The molecule has 0 rings (SSSR count). The molecule has 0 aliphatic rings. The van der Waals surface area contributed by atoms with Crippen molar-refractivity contribution in [3.63, 3.8) is 0 Å². The summed E-state index contributed by atoms with van der Waals surface area (Å²) in [6.07, 6.45) is 35.3. The Hall–Kier alpha value is -2.04. The molecule has 0 aromatic carbocycles. The van der Waals surface area contributed by atoms with Gasteiger partial charge in [-0.15, -0.1) is 0 Å². The lowest BCUT2D eigenvalue weighted by Gasteiger charge is -2.20. The molecule has 11 nitrogen and oxygen atoms in total. The van der Waals surface area contributed by atoms with Crippen LogP contribution in [0.2, 0.25) is 0 Å². The Morgan fingerprint density at radius 2 is 0.962 bits per heavy atom. The summed E-state index contributed by atoms with van der Waals surface area (Å²) in [6, 6.07) is -1.52. The summed E-state index contributed by atoms with van der Waals surface area (Å²) in [5.41, 5.74) is 5.32. The number of carbonyl (C=O) groups is 3. The van der Waals surface area contributed by atoms with Gasteiger partial charge in [0.05, 0.1) is 13.2 Å². The molecule has 0 radical (unpaired) electrons. The number of phosphoric acid groups is 1. The topological polar surface area (TPSA) is 172 Å². The highest BCUT2D eigenvalue weighted by Gasteiger charge is 2.28. The van der Waals surface area contributed by atoms with Crippen molar-refractivity contribution < 1.29 is 47.5 Å². The molecular formula is C40H74NO10P. The fourth-order valence-corrected chi connectivity index (χ4v) is 6.18. The molecule has 0 aliphatic heterocycles. The Bertz CT molecular complexity index is 989. The van der Waals surface area contributed by atoms with E-state index in [9.17, 15) is 23.8 Å². The number of unbranched alkanes of at least 4 members (excludes halogenated alkanes) is 20. The zero-order chi connectivity index (χ0) is 38.5. The quantitative estimate of drug-likeness (QED) is 0.0237. The fourth-order valence-electron chi connectivity index (χ4n) is 5.41. The molecule has 0 aliphatic carbocycles. The zero-order valence-corrected chi connectivity index (χ0v) is 33.5. The Kier molecular flexibility index (Phi) is 34.6. The lowest BCUT2D eigenvalue weighted by atomic mass is 10.1. The number of nitrogens with two attached hydrogens (primary N) is 1. The number of hydrogen-bond donors (Lipinski definition) is 3. The summed E-state index contributed by atoms with van der Waals surface area (Å²) in [6.45, 7) is 2.76. The Morgan fingerprint density at radius 1 is 0.577 bits per heavy atom. The predicted molar refractivity (Wildman–Crippen MR) is 208 cm³/mol. The van der Waals surface area contributed by atoms with E-state index in [4.69, 9.17) is 24.8 Å². The van der Waals surface area contributed by atoms with E-state index < -0.39 is 51.1 Å². The second kappa shape index (κ2) is 36.0. The van der Waals surface area contributed by atoms with Crippen LogP contribution in [0.1, 0.15) is 181 Å². The van der Waals surface area contributed by atoms with Gasteiger partial charge in [-0.25, -0.2) is 4.57 Å². The second-order valence-electron chi connectivity index (χ2n) is 13.8. The van der Waals surface area contributed by atoms with Gasteiger partial charge in [-0.2, -0.15) is 0 Å². The number of hydrogen-bond acceptors (Lipinski definition) is 9. The van der Waals surface area contributed by atoms with E-state index in [0.29, 0.717) is 12.8 Å². The zero-order valence-electron chi connectivity index (χ0n) is 32.7. The maximum Gasteiger partial charge on any atom is 0.472 e. The molecule has 0 spiro atoms. The number of carboxylic acids is 1. The first-order valence-corrected chi connectivity index (χ1v) is 21.9. The Labute approximate surface area is 315 Å². The van der Waals surface area contributed by atoms with Crippen LogP contribution in [0.5, 0.6) is 0 Å². The van der Waals surface area contributed by atoms with E-state index in [2.05, 4.69) is 42.7 Å². The number of esters is 2. The Morgan fingerprint density at radius 3 is 1.42 bits per heavy atom. The van der Waals surface area contributed by atoms with Crippen LogP contribution in [-0.4, -0.2) is 59.9 Å². The van der Waals surface area contributed by atoms with Gasteiger partial charge in [-0.05, 0) is 64.2 Å². The maximum absolute atomic E-state index is 12.6. The first kappa shape index (κ1) is 50.0. The average Bonchev–Trinajstić information content (AvgIpc) is 3.12. The molecule has 0 aromatic heterocycles. The van der Waals surface area contributed by atoms with Crippen molar-refractivity contribution in [3.05, 3.63) is 24.3 Å². The van der Waals surface area contributed by atoms with Crippen molar-refractivity contribution >= 4 is 25.7 Å². The van der Waals surface area contributed by atoms with Crippen LogP contribution in [0, 0.1) is 0 Å². The van der Waals surface area contributed by atoms with Crippen LogP contribution in [-0.2, 0) is 37.5 Å². The number of aliphatic carboxylic acids is 1. The van der Waals surface area contributed by atoms with Gasteiger partial charge in [0.15, 0.2) is 6.10 Å². The van der Waals surface area contributed by atoms with E-state index in [1.165, 1.54) is 64.2 Å². The van der Waals surface area contributed by atoms with Crippen LogP contribution in [0.15, 0.2) is 24.3 Å². The molecule has 12 heteroatoms. The van der Waals surface area contributed by atoms with Crippen LogP contribution in [0.25, 0.3) is 0 Å². The van der Waals surface area contributed by atoms with Gasteiger partial charge in [0.2, 0.25) is 0 Å². The number of ether oxygens (including phenoxy) is 2. The van der Waals surface area contributed by atoms with Gasteiger partial charge in [-0.1, -0.05) is 128 Å². The second-order valence-corrected chi connectivity index (χ2v) is 15.2. The molecule has 0 amide bonds. The van der Waals surface area contributed by atoms with Gasteiger partial charge in [0.25, 0.3) is 0 Å². The van der Waals surface area contributed by atoms with Crippen LogP contribution < -0.4 is 5.73 Å². The van der Waals surface area contributed by atoms with Gasteiger partial charge in [0, 0.05) is 12.8 Å².